The molecule has 0 N–H and O–H groups in total. The summed E-state index contributed by atoms with van der Waals surface area (Å²) in [6.07, 6.45) is 1.58. The van der Waals surface area contributed by atoms with Gasteiger partial charge in [0.15, 0.2) is 0 Å². The monoisotopic (exact) mass is 476 g/mol. The molecule has 5 nitrogen and oxygen atoms in total. The number of amides is 2. The number of fused-ring (bicyclic) bond motifs is 1. The van der Waals surface area contributed by atoms with E-state index in [9.17, 15) is 9.59 Å². The number of ether oxygens (including phenoxy) is 1. The van der Waals surface area contributed by atoms with E-state index in [1.807, 2.05) is 91.5 Å². The van der Waals surface area contributed by atoms with Crippen molar-refractivity contribution in [3.8, 4) is 5.75 Å². The Kier molecular flexibility index (Phi) is 7.53. The maximum atomic E-state index is 13.3. The molecule has 0 saturated heterocycles. The van der Waals surface area contributed by atoms with E-state index >= 15 is 0 Å². The SMILES string of the molecule is Cc1cc(OCCCCN2C(=O)C(C)CN(C(=O)c3ccccc3)c3ccccc32)ccc1Cl. The van der Waals surface area contributed by atoms with Crippen LogP contribution in [0, 0.1) is 12.8 Å². The average molecular weight is 477 g/mol. The van der Waals surface area contributed by atoms with Gasteiger partial charge in [0.1, 0.15) is 5.75 Å². The maximum absolute atomic E-state index is 13.3. The average Bonchev–Trinajstić information content (AvgIpc) is 2.96. The van der Waals surface area contributed by atoms with Gasteiger partial charge in [-0.1, -0.05) is 48.9 Å². The minimum atomic E-state index is -0.312. The van der Waals surface area contributed by atoms with Gasteiger partial charge in [-0.2, -0.15) is 0 Å². The van der Waals surface area contributed by atoms with Gasteiger partial charge in [0, 0.05) is 23.7 Å². The summed E-state index contributed by atoms with van der Waals surface area (Å²) in [7, 11) is 0. The fraction of sp³-hybridized carbons (Fsp3) is 0.286. The molecule has 1 unspecified atom stereocenters. The Hall–Kier alpha value is -3.31. The standard InChI is InChI=1S/C28H29ClN2O3/c1-20-18-23(14-15-24(20)29)34-17-9-8-16-30-25-12-6-7-13-26(25)31(19-21(2)27(30)32)28(33)22-10-4-3-5-11-22/h3-7,10-15,18,21H,8-9,16-17,19H2,1-2H3. The van der Waals surface area contributed by atoms with Crippen LogP contribution in [0.2, 0.25) is 5.02 Å². The van der Waals surface area contributed by atoms with Crippen molar-refractivity contribution in [2.24, 2.45) is 5.92 Å². The van der Waals surface area contributed by atoms with Crippen molar-refractivity contribution in [1.29, 1.82) is 0 Å². The van der Waals surface area contributed by atoms with Crippen LogP contribution in [0.25, 0.3) is 0 Å². The number of carbonyl (C=O) groups is 2. The number of aryl methyl sites for hydroxylation is 1. The van der Waals surface area contributed by atoms with Crippen molar-refractivity contribution in [3.05, 3.63) is 88.9 Å². The van der Waals surface area contributed by atoms with Crippen LogP contribution in [-0.2, 0) is 4.79 Å². The van der Waals surface area contributed by atoms with Crippen molar-refractivity contribution >= 4 is 34.8 Å². The van der Waals surface area contributed by atoms with E-state index in [1.165, 1.54) is 0 Å². The number of anilines is 2. The lowest BCUT2D eigenvalue weighted by molar-refractivity contribution is -0.121. The number of unbranched alkanes of at least 4 members (excludes halogenated alkanes) is 1. The normalized spacial score (nSPS) is 15.6. The molecule has 0 spiro atoms. The van der Waals surface area contributed by atoms with E-state index in [4.69, 9.17) is 16.3 Å². The third kappa shape index (κ3) is 5.26. The zero-order valence-corrected chi connectivity index (χ0v) is 20.3. The second kappa shape index (κ2) is 10.7. The first-order chi connectivity index (χ1) is 16.5. The summed E-state index contributed by atoms with van der Waals surface area (Å²) in [5.41, 5.74) is 3.13. The van der Waals surface area contributed by atoms with E-state index < -0.39 is 0 Å². The number of hydrogen-bond acceptors (Lipinski definition) is 3. The zero-order valence-electron chi connectivity index (χ0n) is 19.5. The third-order valence-electron chi connectivity index (χ3n) is 6.05. The molecule has 1 aliphatic heterocycles. The molecular formula is C28H29ClN2O3. The molecule has 3 aromatic rings. The number of hydrogen-bond donors (Lipinski definition) is 0. The number of nitrogens with zero attached hydrogens (tertiary/aromatic N) is 2. The predicted octanol–water partition coefficient (Wildman–Crippen LogP) is 6.14. The zero-order chi connectivity index (χ0) is 24.1. The van der Waals surface area contributed by atoms with Crippen molar-refractivity contribution < 1.29 is 14.3 Å². The summed E-state index contributed by atoms with van der Waals surface area (Å²) in [4.78, 5) is 30.2. The highest BCUT2D eigenvalue weighted by Gasteiger charge is 2.33. The molecule has 1 aliphatic rings. The smallest absolute Gasteiger partial charge is 0.258 e. The van der Waals surface area contributed by atoms with Gasteiger partial charge in [0.05, 0.1) is 23.9 Å². The summed E-state index contributed by atoms with van der Waals surface area (Å²) in [6.45, 7) is 5.30. The number of carbonyl (C=O) groups excluding carboxylic acids is 2. The molecule has 0 saturated carbocycles. The Morgan fingerprint density at radius 2 is 1.71 bits per heavy atom. The lowest BCUT2D eigenvalue weighted by Crippen LogP contribution is -2.38. The molecule has 0 bridgehead atoms. The Morgan fingerprint density at radius 3 is 2.44 bits per heavy atom. The summed E-state index contributed by atoms with van der Waals surface area (Å²) in [5, 5.41) is 0.722. The van der Waals surface area contributed by atoms with E-state index in [0.29, 0.717) is 25.3 Å². The van der Waals surface area contributed by atoms with E-state index in [1.54, 1.807) is 4.90 Å². The first-order valence-corrected chi connectivity index (χ1v) is 12.0. The Bertz CT molecular complexity index is 1170. The second-order valence-electron chi connectivity index (χ2n) is 8.63. The summed E-state index contributed by atoms with van der Waals surface area (Å²) in [6, 6.07) is 22.5. The third-order valence-corrected chi connectivity index (χ3v) is 6.47. The molecule has 6 heteroatoms. The van der Waals surface area contributed by atoms with Crippen molar-refractivity contribution in [1.82, 2.24) is 0 Å². The summed E-state index contributed by atoms with van der Waals surface area (Å²) in [5.74, 6) is 0.418. The molecule has 4 rings (SSSR count). The molecule has 34 heavy (non-hydrogen) atoms. The Balaban J connectivity index is 1.46. The van der Waals surface area contributed by atoms with E-state index in [0.717, 1.165) is 40.6 Å². The molecule has 3 aromatic carbocycles. The van der Waals surface area contributed by atoms with Crippen LogP contribution in [0.1, 0.15) is 35.7 Å². The maximum Gasteiger partial charge on any atom is 0.258 e. The minimum Gasteiger partial charge on any atom is -0.494 e. The molecule has 176 valence electrons. The van der Waals surface area contributed by atoms with Crippen molar-refractivity contribution in [2.75, 3.05) is 29.5 Å². The largest absolute Gasteiger partial charge is 0.494 e. The van der Waals surface area contributed by atoms with Gasteiger partial charge in [-0.25, -0.2) is 0 Å². The first-order valence-electron chi connectivity index (χ1n) is 11.6. The second-order valence-corrected chi connectivity index (χ2v) is 9.04. The Morgan fingerprint density at radius 1 is 1.00 bits per heavy atom. The van der Waals surface area contributed by atoms with Crippen molar-refractivity contribution in [2.45, 2.75) is 26.7 Å². The predicted molar refractivity (Wildman–Crippen MR) is 137 cm³/mol. The van der Waals surface area contributed by atoms with Gasteiger partial charge in [0.25, 0.3) is 5.91 Å². The number of halogens is 1. The summed E-state index contributed by atoms with van der Waals surface area (Å²) >= 11 is 6.08. The lowest BCUT2D eigenvalue weighted by Gasteiger charge is -2.25. The number of para-hydroxylation sites is 2. The van der Waals surface area contributed by atoms with Gasteiger partial charge in [0.2, 0.25) is 5.91 Å². The molecule has 0 fully saturated rings. The fourth-order valence-corrected chi connectivity index (χ4v) is 4.30. The van der Waals surface area contributed by atoms with Crippen LogP contribution < -0.4 is 14.5 Å². The summed E-state index contributed by atoms with van der Waals surface area (Å²) < 4.78 is 5.86. The van der Waals surface area contributed by atoms with Crippen LogP contribution in [-0.4, -0.2) is 31.5 Å². The topological polar surface area (TPSA) is 49.9 Å². The highest BCUT2D eigenvalue weighted by Crippen LogP contribution is 2.35. The Labute approximate surface area is 205 Å². The lowest BCUT2D eigenvalue weighted by atomic mass is 10.1. The molecule has 0 radical (unpaired) electrons. The van der Waals surface area contributed by atoms with Gasteiger partial charge in [-0.15, -0.1) is 0 Å². The highest BCUT2D eigenvalue weighted by molar-refractivity contribution is 6.31. The van der Waals surface area contributed by atoms with Gasteiger partial charge >= 0.3 is 0 Å². The minimum absolute atomic E-state index is 0.0325. The van der Waals surface area contributed by atoms with Crippen LogP contribution >= 0.6 is 11.6 Å². The van der Waals surface area contributed by atoms with Crippen LogP contribution in [0.4, 0.5) is 11.4 Å². The molecular weight excluding hydrogens is 448 g/mol. The van der Waals surface area contributed by atoms with Gasteiger partial charge in [-0.3, -0.25) is 9.59 Å². The van der Waals surface area contributed by atoms with Crippen molar-refractivity contribution in [3.63, 3.8) is 0 Å². The molecule has 1 atom stereocenters. The van der Waals surface area contributed by atoms with Gasteiger partial charge in [-0.05, 0) is 67.8 Å². The van der Waals surface area contributed by atoms with Crippen LogP contribution in [0.15, 0.2) is 72.8 Å². The van der Waals surface area contributed by atoms with Crippen LogP contribution in [0.3, 0.4) is 0 Å². The van der Waals surface area contributed by atoms with E-state index in [2.05, 4.69) is 0 Å². The van der Waals surface area contributed by atoms with Gasteiger partial charge < -0.3 is 14.5 Å². The van der Waals surface area contributed by atoms with Crippen LogP contribution in [0.5, 0.6) is 5.75 Å². The first kappa shape index (κ1) is 23.8. The number of benzene rings is 3. The quantitative estimate of drug-likeness (QED) is 0.385. The molecule has 0 aliphatic carbocycles. The molecule has 2 amide bonds. The number of rotatable bonds is 7. The molecule has 1 heterocycles. The highest BCUT2D eigenvalue weighted by atomic mass is 35.5. The fourth-order valence-electron chi connectivity index (χ4n) is 4.18. The van der Waals surface area contributed by atoms with E-state index in [-0.39, 0.29) is 17.7 Å². The molecule has 0 aromatic heterocycles.